The van der Waals surface area contributed by atoms with Gasteiger partial charge in [0, 0.05) is 23.7 Å². The molecule has 1 saturated carbocycles. The highest BCUT2D eigenvalue weighted by Gasteiger charge is 2.44. The Morgan fingerprint density at radius 3 is 2.77 bits per heavy atom. The maximum absolute atomic E-state index is 12.4. The van der Waals surface area contributed by atoms with Crippen molar-refractivity contribution in [2.24, 2.45) is 5.41 Å². The number of para-hydroxylation sites is 1. The van der Waals surface area contributed by atoms with Gasteiger partial charge in [-0.05, 0) is 38.8 Å². The molecule has 0 bridgehead atoms. The average molecular weight is 373 g/mol. The summed E-state index contributed by atoms with van der Waals surface area (Å²) >= 11 is 1.25. The van der Waals surface area contributed by atoms with E-state index in [2.05, 4.69) is 15.3 Å². The summed E-state index contributed by atoms with van der Waals surface area (Å²) in [7, 11) is 0. The lowest BCUT2D eigenvalue weighted by atomic mass is 10.1. The second kappa shape index (κ2) is 7.95. The molecule has 0 unspecified atom stereocenters. The summed E-state index contributed by atoms with van der Waals surface area (Å²) in [6.45, 7) is 4.77. The number of amides is 1. The first-order valence-corrected chi connectivity index (χ1v) is 9.54. The molecule has 7 heteroatoms. The summed E-state index contributed by atoms with van der Waals surface area (Å²) in [6, 6.07) is 11.1. The first-order valence-electron chi connectivity index (χ1n) is 8.66. The predicted molar refractivity (Wildman–Crippen MR) is 102 cm³/mol. The Morgan fingerprint density at radius 1 is 1.38 bits per heavy atom. The van der Waals surface area contributed by atoms with E-state index in [-0.39, 0.29) is 22.1 Å². The van der Waals surface area contributed by atoms with Gasteiger partial charge < -0.3 is 15.0 Å². The van der Waals surface area contributed by atoms with Crippen molar-refractivity contribution in [2.45, 2.75) is 37.1 Å². The number of aromatic nitrogens is 2. The van der Waals surface area contributed by atoms with E-state index in [1.54, 1.807) is 6.92 Å². The van der Waals surface area contributed by atoms with Gasteiger partial charge in [-0.3, -0.25) is 9.59 Å². The van der Waals surface area contributed by atoms with Gasteiger partial charge in [-0.15, -0.1) is 0 Å². The Labute approximate surface area is 156 Å². The SMILES string of the molecule is Cc1cc(=O)[nH]c(S[C@H](C)C(=O)NCC2(COc3ccccc3)CC2)n1. The van der Waals surface area contributed by atoms with E-state index in [1.165, 1.54) is 17.8 Å². The van der Waals surface area contributed by atoms with Crippen molar-refractivity contribution in [3.05, 3.63) is 52.4 Å². The standard InChI is InChI=1S/C19H23N3O3S/c1-13-10-16(23)22-18(21-13)26-14(2)17(24)20-11-19(8-9-19)12-25-15-6-4-3-5-7-15/h3-7,10,14H,8-9,11-12H2,1-2H3,(H,20,24)(H,21,22,23)/t14-/m1/s1. The first kappa shape index (κ1) is 18.5. The van der Waals surface area contributed by atoms with Gasteiger partial charge in [0.25, 0.3) is 5.56 Å². The van der Waals surface area contributed by atoms with Crippen molar-refractivity contribution in [1.82, 2.24) is 15.3 Å². The number of hydrogen-bond acceptors (Lipinski definition) is 5. The maximum Gasteiger partial charge on any atom is 0.251 e. The molecule has 1 amide bonds. The lowest BCUT2D eigenvalue weighted by Crippen LogP contribution is -2.37. The van der Waals surface area contributed by atoms with E-state index in [0.717, 1.165) is 18.6 Å². The van der Waals surface area contributed by atoms with Crippen LogP contribution in [0.4, 0.5) is 0 Å². The zero-order valence-corrected chi connectivity index (χ0v) is 15.8. The summed E-state index contributed by atoms with van der Waals surface area (Å²) in [6.07, 6.45) is 2.10. The number of aromatic amines is 1. The van der Waals surface area contributed by atoms with E-state index in [9.17, 15) is 9.59 Å². The molecule has 0 aliphatic heterocycles. The molecule has 1 fully saturated rings. The molecule has 1 atom stereocenters. The van der Waals surface area contributed by atoms with Gasteiger partial charge in [0.05, 0.1) is 11.9 Å². The fourth-order valence-electron chi connectivity index (χ4n) is 2.55. The van der Waals surface area contributed by atoms with Crippen LogP contribution in [-0.2, 0) is 4.79 Å². The number of carbonyl (C=O) groups excluding carboxylic acids is 1. The third kappa shape index (κ3) is 5.11. The molecule has 2 aromatic rings. The van der Waals surface area contributed by atoms with Crippen molar-refractivity contribution in [3.8, 4) is 5.75 Å². The van der Waals surface area contributed by atoms with E-state index < -0.39 is 0 Å². The number of rotatable bonds is 8. The molecule has 0 saturated heterocycles. The molecule has 1 heterocycles. The summed E-state index contributed by atoms with van der Waals surface area (Å²) in [4.78, 5) is 30.8. The van der Waals surface area contributed by atoms with Gasteiger partial charge in [0.15, 0.2) is 5.16 Å². The van der Waals surface area contributed by atoms with Crippen LogP contribution >= 0.6 is 11.8 Å². The quantitative estimate of drug-likeness (QED) is 0.549. The molecule has 6 nitrogen and oxygen atoms in total. The van der Waals surface area contributed by atoms with Gasteiger partial charge in [-0.2, -0.15) is 0 Å². The number of hydrogen-bond donors (Lipinski definition) is 2. The van der Waals surface area contributed by atoms with Crippen molar-refractivity contribution < 1.29 is 9.53 Å². The highest BCUT2D eigenvalue weighted by Crippen LogP contribution is 2.45. The van der Waals surface area contributed by atoms with Gasteiger partial charge in [-0.1, -0.05) is 30.0 Å². The van der Waals surface area contributed by atoms with Crippen LogP contribution in [0.1, 0.15) is 25.5 Å². The van der Waals surface area contributed by atoms with Crippen molar-refractivity contribution in [3.63, 3.8) is 0 Å². The molecule has 3 rings (SSSR count). The Bertz CT molecular complexity index is 818. The number of ether oxygens (including phenoxy) is 1. The van der Waals surface area contributed by atoms with Crippen molar-refractivity contribution in [1.29, 1.82) is 0 Å². The van der Waals surface area contributed by atoms with Crippen molar-refractivity contribution in [2.75, 3.05) is 13.2 Å². The molecule has 0 radical (unpaired) electrons. The minimum atomic E-state index is -0.342. The maximum atomic E-state index is 12.4. The molecule has 1 aliphatic carbocycles. The number of benzene rings is 1. The van der Waals surface area contributed by atoms with Crippen LogP contribution in [-0.4, -0.2) is 34.3 Å². The van der Waals surface area contributed by atoms with Crippen LogP contribution in [0, 0.1) is 12.3 Å². The van der Waals surface area contributed by atoms with Gasteiger partial charge >= 0.3 is 0 Å². The zero-order chi connectivity index (χ0) is 18.6. The molecule has 0 spiro atoms. The third-order valence-electron chi connectivity index (χ3n) is 4.39. The van der Waals surface area contributed by atoms with E-state index in [1.807, 2.05) is 37.3 Å². The smallest absolute Gasteiger partial charge is 0.251 e. The van der Waals surface area contributed by atoms with Crippen molar-refractivity contribution >= 4 is 17.7 Å². The largest absolute Gasteiger partial charge is 0.493 e. The number of carbonyl (C=O) groups is 1. The van der Waals surface area contributed by atoms with E-state index >= 15 is 0 Å². The van der Waals surface area contributed by atoms with E-state index in [0.29, 0.717) is 24.0 Å². The number of nitrogens with one attached hydrogen (secondary N) is 2. The normalized spacial score (nSPS) is 15.9. The molecule has 1 aromatic carbocycles. The summed E-state index contributed by atoms with van der Waals surface area (Å²) < 4.78 is 5.84. The van der Waals surface area contributed by atoms with Crippen LogP contribution in [0.25, 0.3) is 0 Å². The number of aryl methyl sites for hydroxylation is 1. The third-order valence-corrected chi connectivity index (χ3v) is 5.37. The highest BCUT2D eigenvalue weighted by atomic mass is 32.2. The second-order valence-corrected chi connectivity index (χ2v) is 8.10. The monoisotopic (exact) mass is 373 g/mol. The van der Waals surface area contributed by atoms with Crippen LogP contribution in [0.15, 0.2) is 46.3 Å². The Morgan fingerprint density at radius 2 is 2.12 bits per heavy atom. The minimum Gasteiger partial charge on any atom is -0.493 e. The Hall–Kier alpha value is -2.28. The lowest BCUT2D eigenvalue weighted by molar-refractivity contribution is -0.120. The van der Waals surface area contributed by atoms with Gasteiger partial charge in [0.2, 0.25) is 5.91 Å². The predicted octanol–water partition coefficient (Wildman–Crippen LogP) is 2.53. The van der Waals surface area contributed by atoms with Crippen LogP contribution < -0.4 is 15.6 Å². The summed E-state index contributed by atoms with van der Waals surface area (Å²) in [5.74, 6) is 0.786. The summed E-state index contributed by atoms with van der Waals surface area (Å²) in [5.41, 5.74) is 0.465. The lowest BCUT2D eigenvalue weighted by Gasteiger charge is -2.18. The molecule has 1 aromatic heterocycles. The molecule has 2 N–H and O–H groups in total. The minimum absolute atomic E-state index is 0.0335. The second-order valence-electron chi connectivity index (χ2n) is 6.77. The van der Waals surface area contributed by atoms with Crippen LogP contribution in [0.2, 0.25) is 0 Å². The van der Waals surface area contributed by atoms with Gasteiger partial charge in [-0.25, -0.2) is 4.98 Å². The fraction of sp³-hybridized carbons (Fsp3) is 0.421. The fourth-order valence-corrected chi connectivity index (χ4v) is 3.43. The molecule has 138 valence electrons. The average Bonchev–Trinajstić information content (AvgIpc) is 3.38. The molecular formula is C19H23N3O3S. The first-order chi connectivity index (χ1) is 12.5. The van der Waals surface area contributed by atoms with E-state index in [4.69, 9.17) is 4.74 Å². The number of nitrogens with zero attached hydrogens (tertiary/aromatic N) is 1. The molecule has 1 aliphatic rings. The number of thioether (sulfide) groups is 1. The molecule has 26 heavy (non-hydrogen) atoms. The van der Waals surface area contributed by atoms with Crippen LogP contribution in [0.3, 0.4) is 0 Å². The number of H-pyrrole nitrogens is 1. The topological polar surface area (TPSA) is 84.1 Å². The Kier molecular flexibility index (Phi) is 5.66. The van der Waals surface area contributed by atoms with Gasteiger partial charge in [0.1, 0.15) is 5.75 Å². The molecular weight excluding hydrogens is 350 g/mol. The Balaban J connectivity index is 1.47. The highest BCUT2D eigenvalue weighted by molar-refractivity contribution is 8.00. The zero-order valence-electron chi connectivity index (χ0n) is 15.0. The van der Waals surface area contributed by atoms with Crippen LogP contribution in [0.5, 0.6) is 5.75 Å². The summed E-state index contributed by atoms with van der Waals surface area (Å²) in [5, 5.41) is 3.13.